The Morgan fingerprint density at radius 1 is 1.29 bits per heavy atom. The number of nitrogens with two attached hydrogens (primary N) is 1. The Labute approximate surface area is 147 Å². The Morgan fingerprint density at radius 3 is 2.75 bits per heavy atom. The van der Waals surface area contributed by atoms with E-state index < -0.39 is 5.54 Å². The quantitative estimate of drug-likeness (QED) is 0.792. The third-order valence-electron chi connectivity index (χ3n) is 4.79. The first kappa shape index (κ1) is 16.9. The first-order valence-electron chi connectivity index (χ1n) is 8.27. The summed E-state index contributed by atoms with van der Waals surface area (Å²) < 4.78 is 0. The lowest BCUT2D eigenvalue weighted by Gasteiger charge is -2.22. The van der Waals surface area contributed by atoms with Crippen molar-refractivity contribution in [2.24, 2.45) is 5.73 Å². The van der Waals surface area contributed by atoms with Gasteiger partial charge in [-0.05, 0) is 37.8 Å². The molecular weight excluding hydrogens is 326 g/mol. The van der Waals surface area contributed by atoms with Crippen molar-refractivity contribution >= 4 is 24.0 Å². The summed E-state index contributed by atoms with van der Waals surface area (Å²) in [7, 11) is 0. The zero-order valence-electron chi connectivity index (χ0n) is 13.4. The molecule has 1 heterocycles. The van der Waals surface area contributed by atoms with Crippen molar-refractivity contribution in [3.63, 3.8) is 0 Å². The van der Waals surface area contributed by atoms with Crippen LogP contribution in [0.3, 0.4) is 0 Å². The fraction of sp³-hybridized carbons (Fsp3) is 0.471. The van der Waals surface area contributed by atoms with Gasteiger partial charge in [0.2, 0.25) is 5.91 Å². The smallest absolute Gasteiger partial charge is 0.244 e. The van der Waals surface area contributed by atoms with Crippen LogP contribution in [-0.4, -0.2) is 26.6 Å². The lowest BCUT2D eigenvalue weighted by atomic mass is 9.98. The molecule has 1 amide bonds. The van der Waals surface area contributed by atoms with Crippen LogP contribution in [0.1, 0.15) is 50.3 Å². The Balaban J connectivity index is 0.00000169. The molecule has 0 bridgehead atoms. The van der Waals surface area contributed by atoms with Crippen molar-refractivity contribution < 1.29 is 4.79 Å². The van der Waals surface area contributed by atoms with E-state index in [1.165, 1.54) is 12.8 Å². The van der Waals surface area contributed by atoms with Gasteiger partial charge in [0.1, 0.15) is 5.82 Å². The lowest BCUT2D eigenvalue weighted by molar-refractivity contribution is -0.121. The third kappa shape index (κ3) is 3.30. The number of hydrogen-bond acceptors (Lipinski definition) is 4. The van der Waals surface area contributed by atoms with Crippen molar-refractivity contribution in [2.45, 2.75) is 50.0 Å². The Kier molecular flexibility index (Phi) is 4.60. The summed E-state index contributed by atoms with van der Waals surface area (Å²) in [6, 6.07) is 7.61. The molecule has 0 saturated heterocycles. The van der Waals surface area contributed by atoms with Crippen LogP contribution in [0.4, 0.5) is 5.69 Å². The zero-order valence-corrected chi connectivity index (χ0v) is 14.2. The van der Waals surface area contributed by atoms with Gasteiger partial charge in [0.05, 0.1) is 5.54 Å². The van der Waals surface area contributed by atoms with Gasteiger partial charge in [0, 0.05) is 17.2 Å². The second-order valence-corrected chi connectivity index (χ2v) is 6.72. The van der Waals surface area contributed by atoms with Crippen molar-refractivity contribution in [2.75, 3.05) is 5.32 Å². The molecule has 0 aliphatic heterocycles. The van der Waals surface area contributed by atoms with Gasteiger partial charge < -0.3 is 11.1 Å². The van der Waals surface area contributed by atoms with Crippen molar-refractivity contribution in [1.29, 1.82) is 0 Å². The number of aromatic nitrogens is 3. The lowest BCUT2D eigenvalue weighted by Crippen LogP contribution is -2.48. The van der Waals surface area contributed by atoms with Gasteiger partial charge in [0.25, 0.3) is 0 Å². The van der Waals surface area contributed by atoms with Gasteiger partial charge in [-0.1, -0.05) is 25.0 Å². The number of nitrogens with zero attached hydrogens (tertiary/aromatic N) is 2. The van der Waals surface area contributed by atoms with E-state index in [9.17, 15) is 4.79 Å². The number of rotatable bonds is 4. The van der Waals surface area contributed by atoms with Gasteiger partial charge in [-0.2, -0.15) is 5.10 Å². The number of anilines is 1. The number of hydrogen-bond donors (Lipinski definition) is 3. The number of benzene rings is 1. The second kappa shape index (κ2) is 6.53. The number of nitrogens with one attached hydrogen (secondary N) is 2. The minimum absolute atomic E-state index is 0. The first-order chi connectivity index (χ1) is 11.1. The highest BCUT2D eigenvalue weighted by Crippen LogP contribution is 2.38. The van der Waals surface area contributed by atoms with Crippen LogP contribution in [0.15, 0.2) is 24.3 Å². The normalized spacial score (nSPS) is 18.9. The monoisotopic (exact) mass is 347 g/mol. The molecule has 2 aliphatic carbocycles. The number of aromatic amines is 1. The molecule has 2 saturated carbocycles. The maximum atomic E-state index is 12.4. The Morgan fingerprint density at radius 2 is 2.04 bits per heavy atom. The van der Waals surface area contributed by atoms with E-state index in [4.69, 9.17) is 5.73 Å². The van der Waals surface area contributed by atoms with Gasteiger partial charge in [0.15, 0.2) is 5.82 Å². The van der Waals surface area contributed by atoms with Crippen LogP contribution in [0.25, 0.3) is 11.4 Å². The molecule has 0 atom stereocenters. The van der Waals surface area contributed by atoms with E-state index >= 15 is 0 Å². The number of H-pyrrole nitrogens is 1. The van der Waals surface area contributed by atoms with Crippen molar-refractivity contribution in [3.8, 4) is 11.4 Å². The average molecular weight is 348 g/mol. The summed E-state index contributed by atoms with van der Waals surface area (Å²) in [5.41, 5.74) is 7.11. The summed E-state index contributed by atoms with van der Waals surface area (Å²) in [4.78, 5) is 17.0. The van der Waals surface area contributed by atoms with E-state index in [2.05, 4.69) is 20.5 Å². The fourth-order valence-corrected chi connectivity index (χ4v) is 3.17. The van der Waals surface area contributed by atoms with Crippen LogP contribution in [0, 0.1) is 0 Å². The molecule has 24 heavy (non-hydrogen) atoms. The largest absolute Gasteiger partial charge is 0.324 e. The van der Waals surface area contributed by atoms with Gasteiger partial charge in [-0.25, -0.2) is 4.98 Å². The van der Waals surface area contributed by atoms with Crippen LogP contribution in [-0.2, 0) is 4.79 Å². The standard InChI is InChI=1S/C17H21N5O.ClH/c18-17(8-1-2-9-17)16(23)19-13-5-3-4-12(10-13)15-20-14(21-22-15)11-6-7-11;/h3-5,10-11H,1-2,6-9,18H2,(H,19,23)(H,20,21,22);1H. The maximum absolute atomic E-state index is 12.4. The summed E-state index contributed by atoms with van der Waals surface area (Å²) in [5.74, 6) is 2.08. The molecule has 1 aromatic heterocycles. The van der Waals surface area contributed by atoms with Crippen LogP contribution in [0.5, 0.6) is 0 Å². The van der Waals surface area contributed by atoms with Gasteiger partial charge in [-0.3, -0.25) is 9.89 Å². The van der Waals surface area contributed by atoms with Crippen LogP contribution < -0.4 is 11.1 Å². The SMILES string of the molecule is Cl.NC1(C(=O)Nc2cccc(-c3n[nH]c(C4CC4)n3)c2)CCCC1. The summed E-state index contributed by atoms with van der Waals surface area (Å²) in [6.07, 6.45) is 5.91. The molecule has 2 aliphatic rings. The number of halogens is 1. The molecule has 2 aromatic rings. The van der Waals surface area contributed by atoms with Gasteiger partial charge >= 0.3 is 0 Å². The fourth-order valence-electron chi connectivity index (χ4n) is 3.17. The van der Waals surface area contributed by atoms with Crippen molar-refractivity contribution in [1.82, 2.24) is 15.2 Å². The van der Waals surface area contributed by atoms with Crippen LogP contribution >= 0.6 is 12.4 Å². The van der Waals surface area contributed by atoms with Crippen molar-refractivity contribution in [3.05, 3.63) is 30.1 Å². The predicted octanol–water partition coefficient (Wildman–Crippen LogP) is 2.98. The highest BCUT2D eigenvalue weighted by atomic mass is 35.5. The van der Waals surface area contributed by atoms with Crippen LogP contribution in [0.2, 0.25) is 0 Å². The van der Waals surface area contributed by atoms with Gasteiger partial charge in [-0.15, -0.1) is 12.4 Å². The topological polar surface area (TPSA) is 96.7 Å². The first-order valence-corrected chi connectivity index (χ1v) is 8.27. The highest BCUT2D eigenvalue weighted by molar-refractivity contribution is 5.98. The molecule has 2 fully saturated rings. The van der Waals surface area contributed by atoms with E-state index in [1.54, 1.807) is 0 Å². The Hall–Kier alpha value is -1.92. The summed E-state index contributed by atoms with van der Waals surface area (Å²) in [6.45, 7) is 0. The molecular formula is C17H22ClN5O. The molecule has 4 rings (SSSR count). The molecule has 4 N–H and O–H groups in total. The molecule has 1 aromatic carbocycles. The molecule has 128 valence electrons. The highest BCUT2D eigenvalue weighted by Gasteiger charge is 2.37. The molecule has 0 radical (unpaired) electrons. The molecule has 0 spiro atoms. The second-order valence-electron chi connectivity index (χ2n) is 6.72. The summed E-state index contributed by atoms with van der Waals surface area (Å²) in [5, 5.41) is 10.2. The molecule has 0 unspecified atom stereocenters. The number of amides is 1. The maximum Gasteiger partial charge on any atom is 0.244 e. The average Bonchev–Trinajstić information content (AvgIpc) is 3.10. The van der Waals surface area contributed by atoms with E-state index in [-0.39, 0.29) is 18.3 Å². The van der Waals surface area contributed by atoms with E-state index in [1.807, 2.05) is 24.3 Å². The zero-order chi connectivity index (χ0) is 15.9. The third-order valence-corrected chi connectivity index (χ3v) is 4.79. The minimum Gasteiger partial charge on any atom is -0.324 e. The van der Waals surface area contributed by atoms with E-state index in [0.29, 0.717) is 11.7 Å². The Bertz CT molecular complexity index is 734. The number of carbonyl (C=O) groups excluding carboxylic acids is 1. The van der Waals surface area contributed by atoms with E-state index in [0.717, 1.165) is 42.8 Å². The number of carbonyl (C=O) groups is 1. The summed E-state index contributed by atoms with van der Waals surface area (Å²) >= 11 is 0. The predicted molar refractivity (Wildman–Crippen MR) is 95.1 cm³/mol. The minimum atomic E-state index is -0.722. The molecule has 6 nitrogen and oxygen atoms in total. The molecule has 7 heteroatoms.